The average Bonchev–Trinajstić information content (AvgIpc) is 2.50. The van der Waals surface area contributed by atoms with Crippen LogP contribution in [-0.4, -0.2) is 23.7 Å². The number of carbonyl (C=O) groups excluding carboxylic acids is 1. The van der Waals surface area contributed by atoms with E-state index in [4.69, 9.17) is 0 Å². The Kier molecular flexibility index (Phi) is 5.80. The first-order valence-corrected chi connectivity index (χ1v) is 8.07. The maximum absolute atomic E-state index is 12.4. The fourth-order valence-electron chi connectivity index (χ4n) is 3.11. The molecule has 116 valence electrons. The molecule has 3 nitrogen and oxygen atoms in total. The molecule has 2 rings (SSSR count). The Morgan fingerprint density at radius 2 is 1.95 bits per heavy atom. The van der Waals surface area contributed by atoms with Crippen LogP contribution in [0.4, 0.5) is 0 Å². The van der Waals surface area contributed by atoms with Crippen molar-refractivity contribution in [2.45, 2.75) is 52.0 Å². The molecule has 0 bridgehead atoms. The van der Waals surface area contributed by atoms with Gasteiger partial charge in [-0.1, -0.05) is 49.6 Å². The molecule has 0 spiro atoms. The highest BCUT2D eigenvalue weighted by Gasteiger charge is 2.27. The molecule has 1 aliphatic rings. The van der Waals surface area contributed by atoms with E-state index >= 15 is 0 Å². The number of aryl methyl sites for hydroxylation is 1. The summed E-state index contributed by atoms with van der Waals surface area (Å²) in [6, 6.07) is 8.51. The van der Waals surface area contributed by atoms with Crippen LogP contribution < -0.4 is 5.32 Å². The second kappa shape index (κ2) is 7.60. The topological polar surface area (TPSA) is 49.3 Å². The molecule has 1 saturated carbocycles. The first-order valence-electron chi connectivity index (χ1n) is 8.07. The van der Waals surface area contributed by atoms with Crippen molar-refractivity contribution in [1.29, 1.82) is 0 Å². The summed E-state index contributed by atoms with van der Waals surface area (Å²) in [6.45, 7) is 4.22. The van der Waals surface area contributed by atoms with Crippen molar-refractivity contribution in [3.8, 4) is 0 Å². The maximum Gasteiger partial charge on any atom is 0.223 e. The third-order valence-electron chi connectivity index (χ3n) is 4.58. The quantitative estimate of drug-likeness (QED) is 0.875. The van der Waals surface area contributed by atoms with Crippen LogP contribution in [0.15, 0.2) is 24.3 Å². The predicted octanol–water partition coefficient (Wildman–Crippen LogP) is 2.84. The molecule has 0 radical (unpaired) electrons. The van der Waals surface area contributed by atoms with Gasteiger partial charge in [-0.05, 0) is 31.7 Å². The van der Waals surface area contributed by atoms with Crippen molar-refractivity contribution in [2.75, 3.05) is 6.61 Å². The van der Waals surface area contributed by atoms with Gasteiger partial charge in [-0.15, -0.1) is 0 Å². The van der Waals surface area contributed by atoms with Crippen LogP contribution in [0.1, 0.15) is 43.7 Å². The van der Waals surface area contributed by atoms with Gasteiger partial charge in [0, 0.05) is 24.5 Å². The molecule has 1 aromatic rings. The molecule has 3 heteroatoms. The van der Waals surface area contributed by atoms with Gasteiger partial charge < -0.3 is 10.4 Å². The lowest BCUT2D eigenvalue weighted by atomic mass is 9.84. The van der Waals surface area contributed by atoms with Crippen LogP contribution >= 0.6 is 0 Å². The van der Waals surface area contributed by atoms with Crippen LogP contribution in [-0.2, 0) is 11.2 Å². The summed E-state index contributed by atoms with van der Waals surface area (Å²) in [5, 5.41) is 12.6. The molecule has 0 saturated heterocycles. The molecule has 21 heavy (non-hydrogen) atoms. The van der Waals surface area contributed by atoms with Crippen molar-refractivity contribution >= 4 is 5.91 Å². The number of benzene rings is 1. The molecule has 0 aromatic heterocycles. The summed E-state index contributed by atoms with van der Waals surface area (Å²) < 4.78 is 0. The van der Waals surface area contributed by atoms with Crippen molar-refractivity contribution in [3.05, 3.63) is 35.4 Å². The van der Waals surface area contributed by atoms with Gasteiger partial charge in [0.1, 0.15) is 0 Å². The number of aliphatic hydroxyl groups is 1. The highest BCUT2D eigenvalue weighted by atomic mass is 16.3. The minimum Gasteiger partial charge on any atom is -0.396 e. The van der Waals surface area contributed by atoms with E-state index in [9.17, 15) is 9.90 Å². The molecule has 3 unspecified atom stereocenters. The van der Waals surface area contributed by atoms with E-state index in [2.05, 4.69) is 36.5 Å². The van der Waals surface area contributed by atoms with Gasteiger partial charge in [-0.25, -0.2) is 0 Å². The fraction of sp³-hybridized carbons (Fsp3) is 0.611. The number of hydrogen-bond acceptors (Lipinski definition) is 2. The van der Waals surface area contributed by atoms with Crippen molar-refractivity contribution in [3.63, 3.8) is 0 Å². The third-order valence-corrected chi connectivity index (χ3v) is 4.58. The van der Waals surface area contributed by atoms with E-state index in [1.165, 1.54) is 11.1 Å². The molecule has 2 N–H and O–H groups in total. The Morgan fingerprint density at radius 3 is 2.62 bits per heavy atom. The number of rotatable bonds is 5. The van der Waals surface area contributed by atoms with Crippen LogP contribution in [0.25, 0.3) is 0 Å². The minimum absolute atomic E-state index is 0.0334. The molecular weight excluding hydrogens is 262 g/mol. The summed E-state index contributed by atoms with van der Waals surface area (Å²) in [5.74, 6) is 0.309. The van der Waals surface area contributed by atoms with Gasteiger partial charge >= 0.3 is 0 Å². The Hall–Kier alpha value is -1.35. The van der Waals surface area contributed by atoms with E-state index < -0.39 is 0 Å². The Morgan fingerprint density at radius 1 is 1.29 bits per heavy atom. The van der Waals surface area contributed by atoms with Crippen LogP contribution in [0, 0.1) is 18.8 Å². The zero-order chi connectivity index (χ0) is 15.2. The summed E-state index contributed by atoms with van der Waals surface area (Å²) in [7, 11) is 0. The van der Waals surface area contributed by atoms with E-state index in [1.54, 1.807) is 0 Å². The molecule has 0 heterocycles. The highest BCUT2D eigenvalue weighted by Crippen LogP contribution is 2.24. The number of amides is 1. The van der Waals surface area contributed by atoms with Crippen LogP contribution in [0.3, 0.4) is 0 Å². The lowest BCUT2D eigenvalue weighted by Gasteiger charge is -2.31. The van der Waals surface area contributed by atoms with E-state index in [0.717, 1.165) is 32.1 Å². The fourth-order valence-corrected chi connectivity index (χ4v) is 3.11. The molecule has 1 amide bonds. The SMILES string of the molecule is Cc1ccc(CC(C)C(=O)NC2CCCCC2CO)cc1. The van der Waals surface area contributed by atoms with Crippen molar-refractivity contribution in [2.24, 2.45) is 11.8 Å². The zero-order valence-corrected chi connectivity index (χ0v) is 13.1. The Bertz CT molecular complexity index is 455. The van der Waals surface area contributed by atoms with Gasteiger partial charge in [0.15, 0.2) is 0 Å². The number of aliphatic hydroxyl groups excluding tert-OH is 1. The van der Waals surface area contributed by atoms with Gasteiger partial charge in [0.25, 0.3) is 0 Å². The number of hydrogen-bond donors (Lipinski definition) is 2. The minimum atomic E-state index is -0.0334. The summed E-state index contributed by atoms with van der Waals surface area (Å²) in [4.78, 5) is 12.4. The van der Waals surface area contributed by atoms with Gasteiger partial charge in [-0.2, -0.15) is 0 Å². The molecular formula is C18H27NO2. The van der Waals surface area contributed by atoms with Gasteiger partial charge in [0.2, 0.25) is 5.91 Å². The molecule has 1 aromatic carbocycles. The van der Waals surface area contributed by atoms with E-state index in [0.29, 0.717) is 0 Å². The largest absolute Gasteiger partial charge is 0.396 e. The van der Waals surface area contributed by atoms with Crippen LogP contribution in [0.2, 0.25) is 0 Å². The van der Waals surface area contributed by atoms with E-state index in [-0.39, 0.29) is 30.4 Å². The zero-order valence-electron chi connectivity index (χ0n) is 13.1. The Labute approximate surface area is 127 Å². The third kappa shape index (κ3) is 4.57. The van der Waals surface area contributed by atoms with Crippen molar-refractivity contribution in [1.82, 2.24) is 5.32 Å². The second-order valence-electron chi connectivity index (χ2n) is 6.43. The summed E-state index contributed by atoms with van der Waals surface area (Å²) >= 11 is 0. The number of nitrogens with one attached hydrogen (secondary N) is 1. The monoisotopic (exact) mass is 289 g/mol. The first kappa shape index (κ1) is 16.0. The maximum atomic E-state index is 12.4. The molecule has 3 atom stereocenters. The second-order valence-corrected chi connectivity index (χ2v) is 6.43. The lowest BCUT2D eigenvalue weighted by molar-refractivity contribution is -0.126. The summed E-state index contributed by atoms with van der Waals surface area (Å²) in [6.07, 6.45) is 5.09. The lowest BCUT2D eigenvalue weighted by Crippen LogP contribution is -2.45. The number of carbonyl (C=O) groups is 1. The van der Waals surface area contributed by atoms with Gasteiger partial charge in [-0.3, -0.25) is 4.79 Å². The van der Waals surface area contributed by atoms with Gasteiger partial charge in [0.05, 0.1) is 0 Å². The molecule has 1 fully saturated rings. The van der Waals surface area contributed by atoms with Crippen LogP contribution in [0.5, 0.6) is 0 Å². The van der Waals surface area contributed by atoms with Crippen molar-refractivity contribution < 1.29 is 9.90 Å². The standard InChI is InChI=1S/C18H27NO2/c1-13-7-9-15(10-8-13)11-14(2)18(21)19-17-6-4-3-5-16(17)12-20/h7-10,14,16-17,20H,3-6,11-12H2,1-2H3,(H,19,21). The Balaban J connectivity index is 1.88. The smallest absolute Gasteiger partial charge is 0.223 e. The highest BCUT2D eigenvalue weighted by molar-refractivity contribution is 5.78. The average molecular weight is 289 g/mol. The first-order chi connectivity index (χ1) is 10.1. The normalized spacial score (nSPS) is 23.6. The predicted molar refractivity (Wildman–Crippen MR) is 85.0 cm³/mol. The molecule has 1 aliphatic carbocycles. The molecule has 0 aliphatic heterocycles. The van der Waals surface area contributed by atoms with E-state index in [1.807, 2.05) is 6.92 Å². The summed E-state index contributed by atoms with van der Waals surface area (Å²) in [5.41, 5.74) is 2.44.